The first kappa shape index (κ1) is 18.4. The number of hydrogen-bond acceptors (Lipinski definition) is 7. The molecule has 5 heterocycles. The molecule has 4 aromatic heterocycles. The summed E-state index contributed by atoms with van der Waals surface area (Å²) in [4.78, 5) is 36.2. The second-order valence-corrected chi connectivity index (χ2v) is 8.87. The molecule has 0 radical (unpaired) electrons. The monoisotopic (exact) mass is 426 g/mol. The van der Waals surface area contributed by atoms with Gasteiger partial charge in [-0.1, -0.05) is 6.07 Å². The van der Waals surface area contributed by atoms with Crippen molar-refractivity contribution in [3.8, 4) is 10.6 Å². The quantitative estimate of drug-likeness (QED) is 0.530. The van der Waals surface area contributed by atoms with Crippen LogP contribution in [0.15, 0.2) is 40.8 Å². The second kappa shape index (κ2) is 7.66. The van der Waals surface area contributed by atoms with Gasteiger partial charge in [0, 0.05) is 18.5 Å². The van der Waals surface area contributed by atoms with Crippen molar-refractivity contribution in [3.63, 3.8) is 0 Å². The van der Waals surface area contributed by atoms with E-state index < -0.39 is 0 Å². The van der Waals surface area contributed by atoms with Crippen LogP contribution < -0.4 is 10.9 Å². The average Bonchev–Trinajstić information content (AvgIpc) is 3.49. The van der Waals surface area contributed by atoms with Gasteiger partial charge >= 0.3 is 0 Å². The summed E-state index contributed by atoms with van der Waals surface area (Å²) in [5, 5.41) is 5.71. The summed E-state index contributed by atoms with van der Waals surface area (Å²) in [5.74, 6) is -0.219. The molecular weight excluding hydrogens is 408 g/mol. The van der Waals surface area contributed by atoms with Crippen LogP contribution in [0.4, 0.5) is 0 Å². The number of pyridine rings is 1. The van der Waals surface area contributed by atoms with Crippen LogP contribution in [-0.2, 0) is 16.1 Å². The highest BCUT2D eigenvalue weighted by molar-refractivity contribution is 7.25. The van der Waals surface area contributed by atoms with Gasteiger partial charge in [0.15, 0.2) is 0 Å². The maximum absolute atomic E-state index is 12.9. The molecular formula is C20H18N4O3S2. The Morgan fingerprint density at radius 3 is 3.07 bits per heavy atom. The van der Waals surface area contributed by atoms with Gasteiger partial charge in [0.1, 0.15) is 16.1 Å². The smallest absolute Gasteiger partial charge is 0.271 e. The van der Waals surface area contributed by atoms with Gasteiger partial charge in [0.05, 0.1) is 28.5 Å². The Bertz CT molecular complexity index is 1240. The van der Waals surface area contributed by atoms with Crippen LogP contribution >= 0.6 is 22.7 Å². The van der Waals surface area contributed by atoms with Crippen molar-refractivity contribution in [2.24, 2.45) is 0 Å². The van der Waals surface area contributed by atoms with Gasteiger partial charge in [-0.3, -0.25) is 14.2 Å². The third-order valence-corrected chi connectivity index (χ3v) is 6.92. The molecule has 5 rings (SSSR count). The fraction of sp³-hybridized carbons (Fsp3) is 0.300. The number of ether oxygens (including phenoxy) is 1. The molecule has 148 valence electrons. The minimum Gasteiger partial charge on any atom is -0.376 e. The average molecular weight is 427 g/mol. The highest BCUT2D eigenvalue weighted by atomic mass is 32.1. The van der Waals surface area contributed by atoms with Crippen LogP contribution in [0.3, 0.4) is 0 Å². The molecule has 1 aliphatic heterocycles. The maximum Gasteiger partial charge on any atom is 0.271 e. The normalized spacial score (nSPS) is 16.6. The Balaban J connectivity index is 1.42. The summed E-state index contributed by atoms with van der Waals surface area (Å²) >= 11 is 2.95. The Morgan fingerprint density at radius 2 is 2.28 bits per heavy atom. The first-order valence-electron chi connectivity index (χ1n) is 9.40. The van der Waals surface area contributed by atoms with E-state index >= 15 is 0 Å². The molecule has 0 saturated carbocycles. The molecule has 1 saturated heterocycles. The topological polar surface area (TPSA) is 86.1 Å². The first-order chi connectivity index (χ1) is 14.2. The minimum absolute atomic E-state index is 0.0589. The molecule has 0 unspecified atom stereocenters. The molecule has 0 spiro atoms. The van der Waals surface area contributed by atoms with Gasteiger partial charge in [0.25, 0.3) is 5.56 Å². The van der Waals surface area contributed by atoms with Crippen molar-refractivity contribution in [2.45, 2.75) is 25.5 Å². The van der Waals surface area contributed by atoms with Crippen molar-refractivity contribution in [2.75, 3.05) is 13.2 Å². The van der Waals surface area contributed by atoms with Gasteiger partial charge in [-0.2, -0.15) is 0 Å². The maximum atomic E-state index is 12.9. The Kier molecular flexibility index (Phi) is 4.86. The van der Waals surface area contributed by atoms with E-state index in [2.05, 4.69) is 10.3 Å². The lowest BCUT2D eigenvalue weighted by Gasteiger charge is -2.11. The number of fused-ring (bicyclic) bond motifs is 3. The van der Waals surface area contributed by atoms with Gasteiger partial charge < -0.3 is 10.1 Å². The van der Waals surface area contributed by atoms with E-state index in [0.717, 1.165) is 40.2 Å². The summed E-state index contributed by atoms with van der Waals surface area (Å²) in [5.41, 5.74) is 1.30. The van der Waals surface area contributed by atoms with Crippen molar-refractivity contribution in [3.05, 3.63) is 46.3 Å². The molecule has 29 heavy (non-hydrogen) atoms. The first-order valence-corrected chi connectivity index (χ1v) is 11.1. The number of amides is 1. The molecule has 9 heteroatoms. The number of hydrogen-bond donors (Lipinski definition) is 1. The van der Waals surface area contributed by atoms with E-state index in [0.29, 0.717) is 16.8 Å². The number of aromatic nitrogens is 3. The van der Waals surface area contributed by atoms with E-state index in [1.165, 1.54) is 22.2 Å². The number of thiophene rings is 2. The number of carbonyl (C=O) groups excluding carboxylic acids is 1. The molecule has 7 nitrogen and oxygen atoms in total. The predicted octanol–water partition coefficient (Wildman–Crippen LogP) is 3.03. The molecule has 1 N–H and O–H groups in total. The number of carbonyl (C=O) groups is 1. The lowest BCUT2D eigenvalue weighted by molar-refractivity contribution is -0.122. The third-order valence-electron chi connectivity index (χ3n) is 4.95. The van der Waals surface area contributed by atoms with Gasteiger partial charge in [-0.05, 0) is 36.4 Å². The predicted molar refractivity (Wildman–Crippen MR) is 114 cm³/mol. The van der Waals surface area contributed by atoms with E-state index in [-0.39, 0.29) is 24.1 Å². The molecule has 1 atom stereocenters. The van der Waals surface area contributed by atoms with E-state index in [1.54, 1.807) is 11.3 Å². The number of nitrogens with one attached hydrogen (secondary N) is 1. The van der Waals surface area contributed by atoms with Crippen LogP contribution in [0.1, 0.15) is 12.8 Å². The Hall–Kier alpha value is -2.62. The SMILES string of the molecule is O=C(Cn1cnc2c(sc3nc(-c4cccs4)ccc32)c1=O)NC[C@@H]1CCCO1. The summed E-state index contributed by atoms with van der Waals surface area (Å²) in [6.07, 6.45) is 3.49. The lowest BCUT2D eigenvalue weighted by atomic mass is 10.2. The molecule has 0 bridgehead atoms. The third kappa shape index (κ3) is 3.57. The number of nitrogens with zero attached hydrogens (tertiary/aromatic N) is 3. The molecule has 1 fully saturated rings. The Labute approximate surface area is 174 Å². The van der Waals surface area contributed by atoms with Crippen molar-refractivity contribution in [1.29, 1.82) is 0 Å². The Morgan fingerprint density at radius 1 is 1.34 bits per heavy atom. The van der Waals surface area contributed by atoms with Gasteiger partial charge in [0.2, 0.25) is 5.91 Å². The summed E-state index contributed by atoms with van der Waals surface area (Å²) in [6, 6.07) is 7.92. The zero-order valence-electron chi connectivity index (χ0n) is 15.5. The van der Waals surface area contributed by atoms with E-state index in [1.807, 2.05) is 29.6 Å². The molecule has 0 aliphatic carbocycles. The van der Waals surface area contributed by atoms with Crippen molar-refractivity contribution >= 4 is 49.0 Å². The van der Waals surface area contributed by atoms with Crippen LogP contribution in [0.25, 0.3) is 31.0 Å². The standard InChI is InChI=1S/C20H18N4O3S2/c25-16(21-9-12-3-1-7-27-12)10-24-11-22-17-13-5-6-14(15-4-2-8-28-15)23-19(13)29-18(17)20(24)26/h2,4-6,8,11-12H,1,3,7,9-10H2,(H,21,25)/t12-/m0/s1. The molecule has 4 aromatic rings. The molecule has 1 aliphatic rings. The van der Waals surface area contributed by atoms with E-state index in [4.69, 9.17) is 9.72 Å². The molecule has 0 aromatic carbocycles. The summed E-state index contributed by atoms with van der Waals surface area (Å²) < 4.78 is 7.37. The summed E-state index contributed by atoms with van der Waals surface area (Å²) in [7, 11) is 0. The zero-order chi connectivity index (χ0) is 19.8. The van der Waals surface area contributed by atoms with Crippen LogP contribution in [0, 0.1) is 0 Å². The fourth-order valence-electron chi connectivity index (χ4n) is 3.47. The largest absolute Gasteiger partial charge is 0.376 e. The summed E-state index contributed by atoms with van der Waals surface area (Å²) in [6.45, 7) is 1.16. The minimum atomic E-state index is -0.220. The lowest BCUT2D eigenvalue weighted by Crippen LogP contribution is -2.36. The highest BCUT2D eigenvalue weighted by Gasteiger charge is 2.18. The highest BCUT2D eigenvalue weighted by Crippen LogP contribution is 2.32. The van der Waals surface area contributed by atoms with Gasteiger partial charge in [-0.25, -0.2) is 9.97 Å². The van der Waals surface area contributed by atoms with Gasteiger partial charge in [-0.15, -0.1) is 22.7 Å². The van der Waals surface area contributed by atoms with E-state index in [9.17, 15) is 9.59 Å². The fourth-order valence-corrected chi connectivity index (χ4v) is 5.24. The molecule has 1 amide bonds. The van der Waals surface area contributed by atoms with Crippen molar-refractivity contribution in [1.82, 2.24) is 19.9 Å². The zero-order valence-corrected chi connectivity index (χ0v) is 17.1. The van der Waals surface area contributed by atoms with Crippen LogP contribution in [0.2, 0.25) is 0 Å². The van der Waals surface area contributed by atoms with Crippen LogP contribution in [-0.4, -0.2) is 39.7 Å². The van der Waals surface area contributed by atoms with Crippen LogP contribution in [0.5, 0.6) is 0 Å². The van der Waals surface area contributed by atoms with Crippen molar-refractivity contribution < 1.29 is 9.53 Å². The number of rotatable bonds is 5. The second-order valence-electron chi connectivity index (χ2n) is 6.92.